The van der Waals surface area contributed by atoms with Gasteiger partial charge in [-0.3, -0.25) is 4.79 Å². The molecule has 0 aliphatic heterocycles. The van der Waals surface area contributed by atoms with Crippen LogP contribution >= 0.6 is 23.2 Å². The van der Waals surface area contributed by atoms with Crippen LogP contribution in [0.3, 0.4) is 0 Å². The summed E-state index contributed by atoms with van der Waals surface area (Å²) in [5.41, 5.74) is 13.5. The van der Waals surface area contributed by atoms with Crippen molar-refractivity contribution < 1.29 is 13.6 Å². The van der Waals surface area contributed by atoms with Gasteiger partial charge < -0.3 is 11.5 Å². The summed E-state index contributed by atoms with van der Waals surface area (Å²) in [5.74, 6) is -4.38. The van der Waals surface area contributed by atoms with E-state index in [1.165, 1.54) is 24.3 Å². The van der Waals surface area contributed by atoms with E-state index in [9.17, 15) is 13.6 Å². The zero-order chi connectivity index (χ0) is 19.6. The number of nitrogens with two attached hydrogens (primary N) is 2. The molecule has 2 aromatic carbocycles. The van der Waals surface area contributed by atoms with Crippen LogP contribution in [0.1, 0.15) is 34.1 Å². The van der Waals surface area contributed by atoms with E-state index in [0.717, 1.165) is 0 Å². The van der Waals surface area contributed by atoms with Crippen LogP contribution < -0.4 is 11.5 Å². The summed E-state index contributed by atoms with van der Waals surface area (Å²) in [6.45, 7) is 3.40. The summed E-state index contributed by atoms with van der Waals surface area (Å²) in [4.78, 5) is 13.1. The highest BCUT2D eigenvalue weighted by molar-refractivity contribution is 6.22. The SMILES string of the molecule is Cc1ccc(F)c(C(CCl)C(=O)C(CCl)c2c(F)ccc(C)c2N)c1N. The molecule has 0 radical (unpaired) electrons. The molecule has 0 aliphatic carbocycles. The van der Waals surface area contributed by atoms with Gasteiger partial charge in [-0.25, -0.2) is 8.78 Å². The van der Waals surface area contributed by atoms with Crippen LogP contribution in [0.15, 0.2) is 24.3 Å². The standard InChI is InChI=1S/C19H20Cl2F2N2O/c1-9-3-5-13(22)15(17(9)24)11(7-20)19(26)12(8-21)16-14(23)6-4-10(2)18(16)25/h3-6,11-12H,7-8,24-25H2,1-2H3. The van der Waals surface area contributed by atoms with Crippen LogP contribution in [0, 0.1) is 25.5 Å². The van der Waals surface area contributed by atoms with Crippen LogP contribution in [0.25, 0.3) is 0 Å². The number of rotatable bonds is 6. The number of carbonyl (C=O) groups excluding carboxylic acids is 1. The molecule has 0 saturated heterocycles. The number of benzene rings is 2. The van der Waals surface area contributed by atoms with Gasteiger partial charge in [0.2, 0.25) is 0 Å². The van der Waals surface area contributed by atoms with E-state index in [-0.39, 0.29) is 34.3 Å². The van der Waals surface area contributed by atoms with Crippen LogP contribution in [-0.2, 0) is 4.79 Å². The van der Waals surface area contributed by atoms with E-state index in [1.54, 1.807) is 13.8 Å². The fourth-order valence-corrected chi connectivity index (χ4v) is 3.59. The number of anilines is 2. The summed E-state index contributed by atoms with van der Waals surface area (Å²) in [5, 5.41) is 0. The van der Waals surface area contributed by atoms with Gasteiger partial charge in [-0.15, -0.1) is 23.2 Å². The zero-order valence-electron chi connectivity index (χ0n) is 14.5. The summed E-state index contributed by atoms with van der Waals surface area (Å²) < 4.78 is 28.8. The fourth-order valence-electron chi connectivity index (χ4n) is 2.98. The molecule has 0 bridgehead atoms. The minimum Gasteiger partial charge on any atom is -0.398 e. The Kier molecular flexibility index (Phi) is 6.48. The van der Waals surface area contributed by atoms with Gasteiger partial charge in [0.25, 0.3) is 0 Å². The first-order valence-electron chi connectivity index (χ1n) is 7.99. The van der Waals surface area contributed by atoms with Gasteiger partial charge in [0.05, 0.1) is 11.8 Å². The lowest BCUT2D eigenvalue weighted by Gasteiger charge is -2.24. The Morgan fingerprint density at radius 2 is 1.23 bits per heavy atom. The second-order valence-corrected chi connectivity index (χ2v) is 6.82. The number of ketones is 1. The van der Waals surface area contributed by atoms with E-state index in [1.807, 2.05) is 0 Å². The highest BCUT2D eigenvalue weighted by Crippen LogP contribution is 2.37. The van der Waals surface area contributed by atoms with E-state index in [0.29, 0.717) is 11.1 Å². The zero-order valence-corrected chi connectivity index (χ0v) is 16.0. The molecule has 0 aromatic heterocycles. The molecular formula is C19H20Cl2F2N2O. The lowest BCUT2D eigenvalue weighted by Crippen LogP contribution is -2.26. The van der Waals surface area contributed by atoms with Crippen molar-refractivity contribution in [3.05, 3.63) is 58.2 Å². The molecule has 4 N–H and O–H groups in total. The molecule has 2 rings (SSSR count). The molecule has 0 aliphatic rings. The first-order chi connectivity index (χ1) is 12.2. The minimum atomic E-state index is -1.07. The van der Waals surface area contributed by atoms with Gasteiger partial charge in [0, 0.05) is 34.3 Å². The number of nitrogen functional groups attached to an aromatic ring is 2. The summed E-state index contributed by atoms with van der Waals surface area (Å²) in [6, 6.07) is 5.48. The molecule has 2 atom stereocenters. The van der Waals surface area contributed by atoms with Crippen molar-refractivity contribution in [1.82, 2.24) is 0 Å². The third-order valence-corrected chi connectivity index (χ3v) is 5.21. The molecule has 26 heavy (non-hydrogen) atoms. The summed E-state index contributed by atoms with van der Waals surface area (Å²) in [7, 11) is 0. The molecule has 0 spiro atoms. The predicted octanol–water partition coefficient (Wildman–Crippen LogP) is 4.66. The van der Waals surface area contributed by atoms with Crippen LogP contribution in [-0.4, -0.2) is 17.5 Å². The van der Waals surface area contributed by atoms with Crippen molar-refractivity contribution in [2.45, 2.75) is 25.7 Å². The maximum Gasteiger partial charge on any atom is 0.150 e. The monoisotopic (exact) mass is 400 g/mol. The molecule has 0 heterocycles. The van der Waals surface area contributed by atoms with Crippen LogP contribution in [0.5, 0.6) is 0 Å². The van der Waals surface area contributed by atoms with Crippen molar-refractivity contribution in [3.63, 3.8) is 0 Å². The average Bonchev–Trinajstić information content (AvgIpc) is 2.61. The topological polar surface area (TPSA) is 69.1 Å². The lowest BCUT2D eigenvalue weighted by molar-refractivity contribution is -0.121. The smallest absolute Gasteiger partial charge is 0.150 e. The Balaban J connectivity index is 2.58. The molecule has 140 valence electrons. The minimum absolute atomic E-state index is 0.00625. The Labute approximate surface area is 161 Å². The second-order valence-electron chi connectivity index (χ2n) is 6.20. The van der Waals surface area contributed by atoms with Gasteiger partial charge in [0.1, 0.15) is 11.6 Å². The molecule has 0 amide bonds. The van der Waals surface area contributed by atoms with Crippen molar-refractivity contribution in [2.24, 2.45) is 0 Å². The number of aryl methyl sites for hydroxylation is 2. The number of halogens is 4. The highest BCUT2D eigenvalue weighted by atomic mass is 35.5. The van der Waals surface area contributed by atoms with Crippen molar-refractivity contribution in [3.8, 4) is 0 Å². The van der Waals surface area contributed by atoms with Crippen molar-refractivity contribution in [1.29, 1.82) is 0 Å². The van der Waals surface area contributed by atoms with E-state index in [2.05, 4.69) is 0 Å². The molecule has 7 heteroatoms. The molecule has 0 fully saturated rings. The number of Topliss-reactive ketones (excluding diaryl/α,β-unsaturated/α-hetero) is 1. The van der Waals surface area contributed by atoms with E-state index in [4.69, 9.17) is 34.7 Å². The largest absolute Gasteiger partial charge is 0.398 e. The predicted molar refractivity (Wildman–Crippen MR) is 103 cm³/mol. The summed E-state index contributed by atoms with van der Waals surface area (Å²) in [6.07, 6.45) is 0. The van der Waals surface area contributed by atoms with Crippen LogP contribution in [0.2, 0.25) is 0 Å². The van der Waals surface area contributed by atoms with Gasteiger partial charge in [0.15, 0.2) is 5.78 Å². The maximum atomic E-state index is 14.4. The third-order valence-electron chi connectivity index (χ3n) is 4.60. The maximum absolute atomic E-state index is 14.4. The Hall–Kier alpha value is -1.85. The second kappa shape index (κ2) is 8.23. The number of alkyl halides is 2. The van der Waals surface area contributed by atoms with Gasteiger partial charge in [-0.2, -0.15) is 0 Å². The molecule has 0 saturated carbocycles. The Bertz CT molecular complexity index is 775. The molecule has 3 nitrogen and oxygen atoms in total. The van der Waals surface area contributed by atoms with Gasteiger partial charge in [-0.1, -0.05) is 12.1 Å². The Morgan fingerprint density at radius 1 is 0.885 bits per heavy atom. The summed E-state index contributed by atoms with van der Waals surface area (Å²) >= 11 is 12.0. The van der Waals surface area contributed by atoms with Crippen molar-refractivity contribution >= 4 is 40.4 Å². The molecule has 2 unspecified atom stereocenters. The number of hydrogen-bond donors (Lipinski definition) is 2. The fraction of sp³-hybridized carbons (Fsp3) is 0.316. The lowest BCUT2D eigenvalue weighted by atomic mass is 9.83. The highest BCUT2D eigenvalue weighted by Gasteiger charge is 2.34. The molecular weight excluding hydrogens is 381 g/mol. The number of hydrogen-bond acceptors (Lipinski definition) is 3. The first-order valence-corrected chi connectivity index (χ1v) is 9.06. The van der Waals surface area contributed by atoms with Gasteiger partial charge in [-0.05, 0) is 37.1 Å². The Morgan fingerprint density at radius 3 is 1.54 bits per heavy atom. The first kappa shape index (κ1) is 20.5. The number of carbonyl (C=O) groups is 1. The van der Waals surface area contributed by atoms with Crippen LogP contribution in [0.4, 0.5) is 20.2 Å². The quantitative estimate of drug-likeness (QED) is 0.547. The average molecular weight is 401 g/mol. The normalized spacial score (nSPS) is 13.5. The van der Waals surface area contributed by atoms with Crippen molar-refractivity contribution in [2.75, 3.05) is 23.2 Å². The third kappa shape index (κ3) is 3.64. The van der Waals surface area contributed by atoms with Gasteiger partial charge >= 0.3 is 0 Å². The van der Waals surface area contributed by atoms with E-state index < -0.39 is 29.3 Å². The molecule has 2 aromatic rings. The van der Waals surface area contributed by atoms with E-state index >= 15 is 0 Å².